The van der Waals surface area contributed by atoms with Gasteiger partial charge in [0.15, 0.2) is 0 Å². The molecule has 1 aliphatic heterocycles. The number of carbonyl (C=O) groups is 2. The molecule has 0 radical (unpaired) electrons. The van der Waals surface area contributed by atoms with Gasteiger partial charge in [0.2, 0.25) is 5.91 Å². The number of amides is 1. The molecule has 7 nitrogen and oxygen atoms in total. The van der Waals surface area contributed by atoms with Crippen molar-refractivity contribution < 1.29 is 18.7 Å². The number of ether oxygens (including phenoxy) is 1. The van der Waals surface area contributed by atoms with Crippen LogP contribution in [-0.4, -0.2) is 68.1 Å². The summed E-state index contributed by atoms with van der Waals surface area (Å²) in [6, 6.07) is 11.7. The maximum atomic E-state index is 13.0. The van der Waals surface area contributed by atoms with Crippen LogP contribution in [0.2, 0.25) is 0 Å². The van der Waals surface area contributed by atoms with Crippen molar-refractivity contribution in [2.45, 2.75) is 26.4 Å². The average Bonchev–Trinajstić information content (AvgIpc) is 3.12. The Kier molecular flexibility index (Phi) is 6.59. The number of hydrogen-bond donors (Lipinski definition) is 0. The van der Waals surface area contributed by atoms with E-state index in [2.05, 4.69) is 17.0 Å². The van der Waals surface area contributed by atoms with Crippen molar-refractivity contribution in [3.05, 3.63) is 53.5 Å². The van der Waals surface area contributed by atoms with Gasteiger partial charge in [-0.25, -0.2) is 4.79 Å². The molecule has 1 amide bonds. The van der Waals surface area contributed by atoms with Gasteiger partial charge in [-0.3, -0.25) is 9.69 Å². The number of hydrogen-bond acceptors (Lipinski definition) is 6. The predicted octanol–water partition coefficient (Wildman–Crippen LogP) is 2.54. The Hall–Kier alpha value is -2.80. The average molecular weight is 399 g/mol. The fourth-order valence-electron chi connectivity index (χ4n) is 3.59. The third kappa shape index (κ3) is 4.79. The second-order valence-corrected chi connectivity index (χ2v) is 7.41. The van der Waals surface area contributed by atoms with Crippen LogP contribution in [0.5, 0.6) is 0 Å². The number of methoxy groups -OCH3 is 1. The maximum Gasteiger partial charge on any atom is 0.341 e. The van der Waals surface area contributed by atoms with Crippen molar-refractivity contribution in [3.63, 3.8) is 0 Å². The van der Waals surface area contributed by atoms with Crippen LogP contribution in [-0.2, 0) is 16.1 Å². The zero-order valence-corrected chi connectivity index (χ0v) is 17.6. The number of nitrogens with zero attached hydrogens (tertiary/aromatic N) is 3. The van der Waals surface area contributed by atoms with Crippen molar-refractivity contribution in [2.24, 2.45) is 0 Å². The molecule has 1 saturated heterocycles. The number of furan rings is 1. The van der Waals surface area contributed by atoms with Gasteiger partial charge in [0, 0.05) is 31.9 Å². The first-order valence-corrected chi connectivity index (χ1v) is 9.87. The number of anilines is 1. The summed E-state index contributed by atoms with van der Waals surface area (Å²) in [6.07, 6.45) is 0. The van der Waals surface area contributed by atoms with Gasteiger partial charge in [-0.15, -0.1) is 0 Å². The van der Waals surface area contributed by atoms with Crippen LogP contribution in [0, 0.1) is 6.92 Å². The van der Waals surface area contributed by atoms with Gasteiger partial charge in [-0.05, 0) is 39.1 Å². The molecular weight excluding hydrogens is 370 g/mol. The molecule has 1 unspecified atom stereocenters. The molecule has 2 aromatic rings. The normalized spacial score (nSPS) is 15.5. The van der Waals surface area contributed by atoms with E-state index in [4.69, 9.17) is 9.15 Å². The van der Waals surface area contributed by atoms with Gasteiger partial charge < -0.3 is 19.0 Å². The van der Waals surface area contributed by atoms with Crippen LogP contribution in [0.15, 0.2) is 40.8 Å². The van der Waals surface area contributed by atoms with Gasteiger partial charge in [0.05, 0.1) is 19.7 Å². The monoisotopic (exact) mass is 399 g/mol. The highest BCUT2D eigenvalue weighted by Gasteiger charge is 2.28. The summed E-state index contributed by atoms with van der Waals surface area (Å²) in [5, 5.41) is 0. The van der Waals surface area contributed by atoms with E-state index in [-0.39, 0.29) is 11.9 Å². The van der Waals surface area contributed by atoms with Crippen LogP contribution in [0.25, 0.3) is 0 Å². The van der Waals surface area contributed by atoms with Gasteiger partial charge in [-0.2, -0.15) is 0 Å². The summed E-state index contributed by atoms with van der Waals surface area (Å²) in [5.41, 5.74) is 1.62. The van der Waals surface area contributed by atoms with Crippen molar-refractivity contribution in [3.8, 4) is 0 Å². The lowest BCUT2D eigenvalue weighted by atomic mass is 10.2. The molecule has 0 spiro atoms. The Morgan fingerprint density at radius 1 is 1.17 bits per heavy atom. The Morgan fingerprint density at radius 3 is 2.45 bits per heavy atom. The number of likely N-dealkylation sites (N-methyl/N-ethyl adjacent to an activating group) is 1. The first-order chi connectivity index (χ1) is 13.9. The molecule has 0 N–H and O–H groups in total. The van der Waals surface area contributed by atoms with Crippen LogP contribution in [0.4, 0.5) is 5.69 Å². The number of rotatable bonds is 6. The standard InChI is InChI=1S/C22H29N3O4/c1-16(23(3)15-19-14-20(17(2)29-19)22(27)28-4)21(26)25-12-10-24(11-13-25)18-8-6-5-7-9-18/h5-9,14,16H,10-13,15H2,1-4H3. The molecule has 0 aliphatic carbocycles. The van der Waals surface area contributed by atoms with Crippen molar-refractivity contribution in [1.82, 2.24) is 9.80 Å². The summed E-state index contributed by atoms with van der Waals surface area (Å²) >= 11 is 0. The molecule has 156 valence electrons. The van der Waals surface area contributed by atoms with E-state index in [1.165, 1.54) is 12.8 Å². The zero-order chi connectivity index (χ0) is 21.0. The van der Waals surface area contributed by atoms with Crippen molar-refractivity contribution in [2.75, 3.05) is 45.2 Å². The third-order valence-corrected chi connectivity index (χ3v) is 5.51. The van der Waals surface area contributed by atoms with Crippen LogP contribution >= 0.6 is 0 Å². The third-order valence-electron chi connectivity index (χ3n) is 5.51. The number of piperazine rings is 1. The summed E-state index contributed by atoms with van der Waals surface area (Å²) in [5.74, 6) is 0.854. The molecule has 0 saturated carbocycles. The van der Waals surface area contributed by atoms with Gasteiger partial charge in [0.1, 0.15) is 17.1 Å². The SMILES string of the molecule is COC(=O)c1cc(CN(C)C(C)C(=O)N2CCN(c3ccccc3)CC2)oc1C. The molecule has 1 aromatic carbocycles. The second kappa shape index (κ2) is 9.13. The molecule has 2 heterocycles. The quantitative estimate of drug-likeness (QED) is 0.696. The zero-order valence-electron chi connectivity index (χ0n) is 17.6. The number of esters is 1. The molecule has 3 rings (SSSR count). The maximum absolute atomic E-state index is 13.0. The summed E-state index contributed by atoms with van der Waals surface area (Å²) in [7, 11) is 3.23. The van der Waals surface area contributed by atoms with Crippen molar-refractivity contribution in [1.29, 1.82) is 0 Å². The fourth-order valence-corrected chi connectivity index (χ4v) is 3.59. The number of aryl methyl sites for hydroxylation is 1. The molecule has 1 aliphatic rings. The lowest BCUT2D eigenvalue weighted by Gasteiger charge is -2.38. The highest BCUT2D eigenvalue weighted by molar-refractivity contribution is 5.90. The van der Waals surface area contributed by atoms with Gasteiger partial charge >= 0.3 is 5.97 Å². The minimum absolute atomic E-state index is 0.108. The van der Waals surface area contributed by atoms with Crippen LogP contribution in [0.1, 0.15) is 28.8 Å². The minimum Gasteiger partial charge on any atom is -0.465 e. The smallest absolute Gasteiger partial charge is 0.341 e. The number of para-hydroxylation sites is 1. The summed E-state index contributed by atoms with van der Waals surface area (Å²) in [6.45, 7) is 7.14. The van der Waals surface area contributed by atoms with Gasteiger partial charge in [-0.1, -0.05) is 18.2 Å². The van der Waals surface area contributed by atoms with E-state index < -0.39 is 5.97 Å². The molecule has 29 heavy (non-hydrogen) atoms. The minimum atomic E-state index is -0.416. The van der Waals surface area contributed by atoms with E-state index in [9.17, 15) is 9.59 Å². The predicted molar refractivity (Wildman–Crippen MR) is 111 cm³/mol. The summed E-state index contributed by atoms with van der Waals surface area (Å²) in [4.78, 5) is 30.9. The summed E-state index contributed by atoms with van der Waals surface area (Å²) < 4.78 is 10.4. The first kappa shape index (κ1) is 20.9. The molecular formula is C22H29N3O4. The molecule has 1 fully saturated rings. The highest BCUT2D eigenvalue weighted by atomic mass is 16.5. The molecule has 0 bridgehead atoms. The number of benzene rings is 1. The lowest BCUT2D eigenvalue weighted by Crippen LogP contribution is -2.53. The molecule has 1 aromatic heterocycles. The lowest BCUT2D eigenvalue weighted by molar-refractivity contribution is -0.136. The van der Waals surface area contributed by atoms with Crippen LogP contribution in [0.3, 0.4) is 0 Å². The first-order valence-electron chi connectivity index (χ1n) is 9.87. The Balaban J connectivity index is 1.55. The van der Waals surface area contributed by atoms with Crippen LogP contribution < -0.4 is 4.90 Å². The molecule has 7 heteroatoms. The van der Waals surface area contributed by atoms with Gasteiger partial charge in [0.25, 0.3) is 0 Å². The Labute approximate surface area is 171 Å². The largest absolute Gasteiger partial charge is 0.465 e. The van der Waals surface area contributed by atoms with E-state index in [1.807, 2.05) is 42.0 Å². The Morgan fingerprint density at radius 2 is 1.83 bits per heavy atom. The topological polar surface area (TPSA) is 66.2 Å². The van der Waals surface area contributed by atoms with E-state index >= 15 is 0 Å². The van der Waals surface area contributed by atoms with E-state index in [0.717, 1.165) is 13.1 Å². The highest BCUT2D eigenvalue weighted by Crippen LogP contribution is 2.19. The second-order valence-electron chi connectivity index (χ2n) is 7.41. The van der Waals surface area contributed by atoms with Crippen molar-refractivity contribution >= 4 is 17.6 Å². The van der Waals surface area contributed by atoms with E-state index in [0.29, 0.717) is 36.7 Å². The Bertz CT molecular complexity index is 841. The number of carbonyl (C=O) groups excluding carboxylic acids is 2. The molecule has 1 atom stereocenters. The fraction of sp³-hybridized carbons (Fsp3) is 0.455. The van der Waals surface area contributed by atoms with E-state index in [1.54, 1.807) is 13.0 Å².